The molecule has 1 fully saturated rings. The lowest BCUT2D eigenvalue weighted by molar-refractivity contribution is -0.119. The quantitative estimate of drug-likeness (QED) is 0.798. The zero-order chi connectivity index (χ0) is 19.2. The summed E-state index contributed by atoms with van der Waals surface area (Å²) in [6, 6.07) is 14.3. The molecule has 1 aliphatic rings. The summed E-state index contributed by atoms with van der Waals surface area (Å²) < 4.78 is 10.4. The standard InChI is InChI=1S/C19H17N3O4S/c1-25-14-8-4-13(5-9-14)21-18-16(27-19(24)22-18)10-12-2-6-15(7-3-12)26-11-17(20)23/h2-10H,11H2,1H3,(H2,20,23)(H,21,22,24)/b16-10+. The van der Waals surface area contributed by atoms with Crippen molar-refractivity contribution < 1.29 is 19.1 Å². The van der Waals surface area contributed by atoms with Gasteiger partial charge in [0.15, 0.2) is 6.61 Å². The number of ether oxygens (including phenoxy) is 2. The fraction of sp³-hybridized carbons (Fsp3) is 0.105. The Labute approximate surface area is 160 Å². The average Bonchev–Trinajstić information content (AvgIpc) is 3.00. The molecule has 0 aromatic heterocycles. The highest BCUT2D eigenvalue weighted by atomic mass is 32.2. The van der Waals surface area contributed by atoms with Crippen molar-refractivity contribution in [2.24, 2.45) is 10.7 Å². The number of primary amides is 1. The minimum absolute atomic E-state index is 0.173. The van der Waals surface area contributed by atoms with E-state index < -0.39 is 5.91 Å². The van der Waals surface area contributed by atoms with Gasteiger partial charge < -0.3 is 20.5 Å². The predicted octanol–water partition coefficient (Wildman–Crippen LogP) is 3.09. The van der Waals surface area contributed by atoms with Crippen LogP contribution in [-0.2, 0) is 4.79 Å². The van der Waals surface area contributed by atoms with E-state index in [1.807, 2.05) is 30.3 Å². The van der Waals surface area contributed by atoms with Crippen molar-refractivity contribution in [3.63, 3.8) is 0 Å². The topological polar surface area (TPSA) is 103 Å². The maximum absolute atomic E-state index is 11.8. The number of nitrogens with one attached hydrogen (secondary N) is 1. The molecule has 138 valence electrons. The molecule has 27 heavy (non-hydrogen) atoms. The maximum Gasteiger partial charge on any atom is 0.289 e. The van der Waals surface area contributed by atoms with Gasteiger partial charge in [-0.1, -0.05) is 12.1 Å². The largest absolute Gasteiger partial charge is 0.497 e. The molecule has 0 radical (unpaired) electrons. The van der Waals surface area contributed by atoms with Crippen LogP contribution in [0.5, 0.6) is 11.5 Å². The number of hydrogen-bond acceptors (Lipinski definition) is 6. The van der Waals surface area contributed by atoms with E-state index >= 15 is 0 Å². The fourth-order valence-electron chi connectivity index (χ4n) is 2.26. The Bertz CT molecular complexity index is 906. The van der Waals surface area contributed by atoms with Crippen LogP contribution >= 0.6 is 11.8 Å². The number of aliphatic imine (C=N–C) groups is 1. The third-order valence-corrected chi connectivity index (χ3v) is 4.35. The Hall–Kier alpha value is -3.26. The smallest absolute Gasteiger partial charge is 0.289 e. The first-order chi connectivity index (χ1) is 13.0. The molecule has 1 saturated heterocycles. The lowest BCUT2D eigenvalue weighted by Gasteiger charge is -2.04. The molecule has 0 saturated carbocycles. The summed E-state index contributed by atoms with van der Waals surface area (Å²) >= 11 is 1.08. The second-order valence-electron chi connectivity index (χ2n) is 5.51. The lowest BCUT2D eigenvalue weighted by atomic mass is 10.2. The third-order valence-electron chi connectivity index (χ3n) is 3.53. The van der Waals surface area contributed by atoms with Crippen molar-refractivity contribution >= 4 is 40.5 Å². The molecule has 7 nitrogen and oxygen atoms in total. The number of nitrogens with zero attached hydrogens (tertiary/aromatic N) is 1. The van der Waals surface area contributed by atoms with Crippen LogP contribution in [0, 0.1) is 0 Å². The average molecular weight is 383 g/mol. The molecule has 8 heteroatoms. The Morgan fingerprint density at radius 3 is 2.44 bits per heavy atom. The molecule has 0 unspecified atom stereocenters. The van der Waals surface area contributed by atoms with Gasteiger partial charge >= 0.3 is 0 Å². The molecule has 2 amide bonds. The van der Waals surface area contributed by atoms with Crippen molar-refractivity contribution in [3.8, 4) is 11.5 Å². The zero-order valence-electron chi connectivity index (χ0n) is 14.5. The number of hydrogen-bond donors (Lipinski definition) is 2. The summed E-state index contributed by atoms with van der Waals surface area (Å²) in [6.45, 7) is -0.173. The molecule has 1 heterocycles. The number of carbonyl (C=O) groups is 2. The van der Waals surface area contributed by atoms with Crippen molar-refractivity contribution in [3.05, 3.63) is 59.0 Å². The first-order valence-electron chi connectivity index (χ1n) is 7.98. The lowest BCUT2D eigenvalue weighted by Crippen LogP contribution is -2.19. The second-order valence-corrected chi connectivity index (χ2v) is 6.52. The van der Waals surface area contributed by atoms with Crippen molar-refractivity contribution in [2.75, 3.05) is 13.7 Å². The highest BCUT2D eigenvalue weighted by molar-refractivity contribution is 8.18. The van der Waals surface area contributed by atoms with E-state index in [9.17, 15) is 9.59 Å². The fourth-order valence-corrected chi connectivity index (χ4v) is 3.00. The highest BCUT2D eigenvalue weighted by Crippen LogP contribution is 2.29. The van der Waals surface area contributed by atoms with Crippen LogP contribution in [0.3, 0.4) is 0 Å². The molecule has 2 aromatic carbocycles. The third kappa shape index (κ3) is 5.11. The van der Waals surface area contributed by atoms with Crippen molar-refractivity contribution in [1.82, 2.24) is 5.32 Å². The molecule has 0 bridgehead atoms. The predicted molar refractivity (Wildman–Crippen MR) is 105 cm³/mol. The van der Waals surface area contributed by atoms with Gasteiger partial charge in [0.2, 0.25) is 0 Å². The minimum Gasteiger partial charge on any atom is -0.497 e. The number of methoxy groups -OCH3 is 1. The van der Waals surface area contributed by atoms with E-state index in [1.165, 1.54) is 0 Å². The van der Waals surface area contributed by atoms with Gasteiger partial charge in [-0.3, -0.25) is 9.59 Å². The SMILES string of the molecule is COc1ccc(N=C2NC(=O)S/C2=C/c2ccc(OCC(N)=O)cc2)cc1. The van der Waals surface area contributed by atoms with E-state index in [1.54, 1.807) is 31.4 Å². The van der Waals surface area contributed by atoms with E-state index in [2.05, 4.69) is 10.3 Å². The molecule has 0 spiro atoms. The van der Waals surface area contributed by atoms with Crippen LogP contribution in [0.15, 0.2) is 58.4 Å². The molecule has 3 rings (SSSR count). The van der Waals surface area contributed by atoms with Crippen LogP contribution in [0.2, 0.25) is 0 Å². The van der Waals surface area contributed by atoms with Gasteiger partial charge in [0.1, 0.15) is 17.3 Å². The summed E-state index contributed by atoms with van der Waals surface area (Å²) in [5.41, 5.74) is 6.62. The Morgan fingerprint density at radius 1 is 1.15 bits per heavy atom. The number of thioether (sulfide) groups is 1. The Kier molecular flexibility index (Phi) is 5.77. The van der Waals surface area contributed by atoms with Gasteiger partial charge in [-0.25, -0.2) is 4.99 Å². The monoisotopic (exact) mass is 383 g/mol. The summed E-state index contributed by atoms with van der Waals surface area (Å²) in [5.74, 6) is 1.23. The molecular weight excluding hydrogens is 366 g/mol. The van der Waals surface area contributed by atoms with E-state index in [0.717, 1.165) is 23.1 Å². The van der Waals surface area contributed by atoms with Gasteiger partial charge in [0, 0.05) is 0 Å². The normalized spacial score (nSPS) is 16.4. The van der Waals surface area contributed by atoms with Crippen LogP contribution in [-0.4, -0.2) is 30.7 Å². The zero-order valence-corrected chi connectivity index (χ0v) is 15.3. The summed E-state index contributed by atoms with van der Waals surface area (Å²) in [5, 5.41) is 2.56. The van der Waals surface area contributed by atoms with Crippen LogP contribution in [0.25, 0.3) is 6.08 Å². The number of benzene rings is 2. The minimum atomic E-state index is -0.535. The Balaban J connectivity index is 1.79. The van der Waals surface area contributed by atoms with Crippen LogP contribution < -0.4 is 20.5 Å². The maximum atomic E-state index is 11.8. The molecule has 3 N–H and O–H groups in total. The highest BCUT2D eigenvalue weighted by Gasteiger charge is 2.23. The molecule has 0 atom stereocenters. The number of amidine groups is 1. The van der Waals surface area contributed by atoms with E-state index in [4.69, 9.17) is 15.2 Å². The van der Waals surface area contributed by atoms with Crippen molar-refractivity contribution in [1.29, 1.82) is 0 Å². The van der Waals surface area contributed by atoms with Gasteiger partial charge in [-0.05, 0) is 59.8 Å². The number of carbonyl (C=O) groups excluding carboxylic acids is 2. The van der Waals surface area contributed by atoms with Gasteiger partial charge in [-0.2, -0.15) is 0 Å². The summed E-state index contributed by atoms with van der Waals surface area (Å²) in [6.07, 6.45) is 1.85. The number of rotatable bonds is 6. The van der Waals surface area contributed by atoms with E-state index in [-0.39, 0.29) is 11.8 Å². The Morgan fingerprint density at radius 2 is 1.81 bits per heavy atom. The first-order valence-corrected chi connectivity index (χ1v) is 8.80. The van der Waals surface area contributed by atoms with Gasteiger partial charge in [0.05, 0.1) is 17.7 Å². The second kappa shape index (κ2) is 8.41. The van der Waals surface area contributed by atoms with E-state index in [0.29, 0.717) is 22.2 Å². The van der Waals surface area contributed by atoms with Gasteiger partial charge in [0.25, 0.3) is 11.1 Å². The van der Waals surface area contributed by atoms with Gasteiger partial charge in [-0.15, -0.1) is 0 Å². The molecular formula is C19H17N3O4S. The van der Waals surface area contributed by atoms with Crippen LogP contribution in [0.4, 0.5) is 10.5 Å². The molecule has 2 aromatic rings. The summed E-state index contributed by atoms with van der Waals surface area (Å²) in [7, 11) is 1.60. The van der Waals surface area contributed by atoms with Crippen molar-refractivity contribution in [2.45, 2.75) is 0 Å². The van der Waals surface area contributed by atoms with Crippen LogP contribution in [0.1, 0.15) is 5.56 Å². The summed E-state index contributed by atoms with van der Waals surface area (Å²) in [4.78, 5) is 27.7. The first kappa shape index (κ1) is 18.5. The number of nitrogens with two attached hydrogens (primary N) is 1. The number of amides is 2. The molecule has 0 aliphatic carbocycles. The molecule has 1 aliphatic heterocycles.